The smallest absolute Gasteiger partial charge is 0.279 e. The van der Waals surface area contributed by atoms with Gasteiger partial charge in [0.25, 0.3) is 5.91 Å². The van der Waals surface area contributed by atoms with Gasteiger partial charge in [-0.05, 0) is 29.7 Å². The van der Waals surface area contributed by atoms with E-state index in [1.165, 1.54) is 11.3 Å². The molecule has 3 nitrogen and oxygen atoms in total. The van der Waals surface area contributed by atoms with Gasteiger partial charge in [-0.1, -0.05) is 69.6 Å². The average molecular weight is 421 g/mol. The molecule has 26 heavy (non-hydrogen) atoms. The zero-order chi connectivity index (χ0) is 18.1. The number of halogens is 1. The molecule has 1 heterocycles. The van der Waals surface area contributed by atoms with Gasteiger partial charge in [-0.15, -0.1) is 6.42 Å². The summed E-state index contributed by atoms with van der Waals surface area (Å²) < 4.78 is 3.85. The highest BCUT2D eigenvalue weighted by Gasteiger charge is 2.11. The number of hydrogen-bond donors (Lipinski definition) is 0. The average Bonchev–Trinajstić information content (AvgIpc) is 3.00. The number of aromatic nitrogens is 1. The highest BCUT2D eigenvalue weighted by Crippen LogP contribution is 2.27. The Hall–Kier alpha value is -2.68. The van der Waals surface area contributed by atoms with E-state index in [1.807, 2.05) is 34.9 Å². The van der Waals surface area contributed by atoms with Gasteiger partial charge in [-0.2, -0.15) is 4.99 Å². The molecule has 0 saturated heterocycles. The fraction of sp³-hybridized carbons (Fsp3) is 0.0476. The highest BCUT2D eigenvalue weighted by molar-refractivity contribution is 9.10. The van der Waals surface area contributed by atoms with E-state index in [0.29, 0.717) is 16.9 Å². The molecule has 0 atom stereocenters. The minimum absolute atomic E-state index is 0.284. The molecule has 0 N–H and O–H groups in total. The lowest BCUT2D eigenvalue weighted by atomic mass is 10.1. The summed E-state index contributed by atoms with van der Waals surface area (Å²) in [6, 6.07) is 19.5. The monoisotopic (exact) mass is 420 g/mol. The van der Waals surface area contributed by atoms with Crippen molar-refractivity contribution in [3.05, 3.63) is 75.5 Å². The van der Waals surface area contributed by atoms with E-state index in [2.05, 4.69) is 45.0 Å². The predicted molar refractivity (Wildman–Crippen MR) is 110 cm³/mol. The highest BCUT2D eigenvalue weighted by atomic mass is 79.9. The van der Waals surface area contributed by atoms with E-state index in [-0.39, 0.29) is 5.91 Å². The number of terminal acetylenes is 1. The van der Waals surface area contributed by atoms with Crippen molar-refractivity contribution < 1.29 is 4.79 Å². The summed E-state index contributed by atoms with van der Waals surface area (Å²) in [7, 11) is 0. The van der Waals surface area contributed by atoms with Crippen LogP contribution < -0.4 is 4.80 Å². The van der Waals surface area contributed by atoms with Crippen LogP contribution in [0.3, 0.4) is 0 Å². The van der Waals surface area contributed by atoms with Crippen molar-refractivity contribution in [2.24, 2.45) is 4.99 Å². The lowest BCUT2D eigenvalue weighted by molar-refractivity contribution is 0.0998. The van der Waals surface area contributed by atoms with Gasteiger partial charge >= 0.3 is 0 Å². The van der Waals surface area contributed by atoms with Crippen LogP contribution in [0.1, 0.15) is 10.4 Å². The van der Waals surface area contributed by atoms with Gasteiger partial charge in [0.1, 0.15) is 0 Å². The summed E-state index contributed by atoms with van der Waals surface area (Å²) in [4.78, 5) is 17.6. The Balaban J connectivity index is 1.96. The third-order valence-corrected chi connectivity index (χ3v) is 5.71. The molecule has 0 aliphatic rings. The molecule has 0 aliphatic heterocycles. The van der Waals surface area contributed by atoms with Gasteiger partial charge in [-0.25, -0.2) is 0 Å². The third kappa shape index (κ3) is 2.98. The standard InChI is InChI=1S/C21H13BrN2OS/c1-2-12-24-18-11-10-14-6-3-4-9-17(14)19(18)26-21(24)23-20(25)15-7-5-8-16(22)13-15/h1,3-11,13H,12H2. The number of rotatable bonds is 2. The molecule has 1 aromatic heterocycles. The minimum Gasteiger partial charge on any atom is -0.305 e. The molecule has 0 saturated carbocycles. The Morgan fingerprint density at radius 3 is 2.81 bits per heavy atom. The molecule has 0 bridgehead atoms. The van der Waals surface area contributed by atoms with Crippen LogP contribution in [0.15, 0.2) is 70.1 Å². The van der Waals surface area contributed by atoms with E-state index < -0.39 is 0 Å². The first-order valence-corrected chi connectivity index (χ1v) is 9.57. The zero-order valence-electron chi connectivity index (χ0n) is 13.6. The number of amides is 1. The normalized spacial score (nSPS) is 11.8. The quantitative estimate of drug-likeness (QED) is 0.420. The van der Waals surface area contributed by atoms with Gasteiger partial charge < -0.3 is 4.57 Å². The number of thiazole rings is 1. The summed E-state index contributed by atoms with van der Waals surface area (Å²) in [6.45, 7) is 0.364. The maximum absolute atomic E-state index is 12.6. The Bertz CT molecular complexity index is 1260. The summed E-state index contributed by atoms with van der Waals surface area (Å²) in [5, 5.41) is 2.29. The Morgan fingerprint density at radius 1 is 1.15 bits per heavy atom. The fourth-order valence-electron chi connectivity index (χ4n) is 2.90. The van der Waals surface area contributed by atoms with E-state index in [4.69, 9.17) is 6.42 Å². The largest absolute Gasteiger partial charge is 0.305 e. The van der Waals surface area contributed by atoms with Crippen molar-refractivity contribution in [2.75, 3.05) is 0 Å². The Labute approximate surface area is 162 Å². The first-order chi connectivity index (χ1) is 12.7. The van der Waals surface area contributed by atoms with Crippen LogP contribution in [0.5, 0.6) is 0 Å². The van der Waals surface area contributed by atoms with Crippen LogP contribution in [-0.4, -0.2) is 10.5 Å². The molecule has 4 rings (SSSR count). The molecule has 126 valence electrons. The topological polar surface area (TPSA) is 34.4 Å². The van der Waals surface area contributed by atoms with Gasteiger partial charge in [0.2, 0.25) is 0 Å². The number of benzene rings is 3. The summed E-state index contributed by atoms with van der Waals surface area (Å²) in [5.74, 6) is 2.38. The van der Waals surface area contributed by atoms with Crippen LogP contribution in [0.4, 0.5) is 0 Å². The van der Waals surface area contributed by atoms with Crippen LogP contribution >= 0.6 is 27.3 Å². The van der Waals surface area contributed by atoms with Crippen LogP contribution in [0.25, 0.3) is 21.0 Å². The summed E-state index contributed by atoms with van der Waals surface area (Å²) in [6.07, 6.45) is 5.56. The van der Waals surface area contributed by atoms with Crippen molar-refractivity contribution in [3.8, 4) is 12.3 Å². The molecule has 0 radical (unpaired) electrons. The van der Waals surface area contributed by atoms with Gasteiger partial charge in [0, 0.05) is 15.4 Å². The molecule has 0 spiro atoms. The van der Waals surface area contributed by atoms with Crippen molar-refractivity contribution in [1.82, 2.24) is 4.57 Å². The van der Waals surface area contributed by atoms with Gasteiger partial charge in [0.05, 0.1) is 16.8 Å². The fourth-order valence-corrected chi connectivity index (χ4v) is 4.46. The van der Waals surface area contributed by atoms with Gasteiger partial charge in [-0.3, -0.25) is 4.79 Å². The SMILES string of the molecule is C#CCn1c(=NC(=O)c2cccc(Br)c2)sc2c3ccccc3ccc21. The number of fused-ring (bicyclic) bond motifs is 3. The number of carbonyl (C=O) groups is 1. The number of hydrogen-bond acceptors (Lipinski definition) is 2. The lowest BCUT2D eigenvalue weighted by Gasteiger charge is -2.02. The summed E-state index contributed by atoms with van der Waals surface area (Å²) >= 11 is 4.88. The summed E-state index contributed by atoms with van der Waals surface area (Å²) in [5.41, 5.74) is 1.53. The first-order valence-electron chi connectivity index (χ1n) is 7.96. The molecule has 1 amide bonds. The van der Waals surface area contributed by atoms with E-state index in [9.17, 15) is 4.79 Å². The molecule has 5 heteroatoms. The van der Waals surface area contributed by atoms with Crippen molar-refractivity contribution >= 4 is 54.2 Å². The Morgan fingerprint density at radius 2 is 2.00 bits per heavy atom. The van der Waals surface area contributed by atoms with E-state index in [1.54, 1.807) is 12.1 Å². The Kier molecular flexibility index (Phi) is 4.46. The molecule has 3 aromatic carbocycles. The second-order valence-electron chi connectivity index (χ2n) is 5.74. The van der Waals surface area contributed by atoms with Crippen molar-refractivity contribution in [1.29, 1.82) is 0 Å². The molecule has 0 aliphatic carbocycles. The minimum atomic E-state index is -0.284. The second kappa shape index (κ2) is 6.91. The molecule has 0 fully saturated rings. The van der Waals surface area contributed by atoms with Crippen molar-refractivity contribution in [2.45, 2.75) is 6.54 Å². The van der Waals surface area contributed by atoms with E-state index >= 15 is 0 Å². The zero-order valence-corrected chi connectivity index (χ0v) is 16.0. The maximum Gasteiger partial charge on any atom is 0.279 e. The van der Waals surface area contributed by atoms with E-state index in [0.717, 1.165) is 25.5 Å². The van der Waals surface area contributed by atoms with Crippen LogP contribution in [0.2, 0.25) is 0 Å². The number of nitrogens with zero attached hydrogens (tertiary/aromatic N) is 2. The van der Waals surface area contributed by atoms with Gasteiger partial charge in [0.15, 0.2) is 4.80 Å². The number of carbonyl (C=O) groups excluding carboxylic acids is 1. The lowest BCUT2D eigenvalue weighted by Crippen LogP contribution is -2.16. The molecular weight excluding hydrogens is 408 g/mol. The maximum atomic E-state index is 12.6. The van der Waals surface area contributed by atoms with Crippen molar-refractivity contribution in [3.63, 3.8) is 0 Å². The van der Waals surface area contributed by atoms with Crippen LogP contribution in [-0.2, 0) is 6.54 Å². The molecule has 4 aromatic rings. The first kappa shape index (κ1) is 16.8. The predicted octanol–water partition coefficient (Wildman–Crippen LogP) is 4.99. The second-order valence-corrected chi connectivity index (χ2v) is 7.63. The molecule has 0 unspecified atom stereocenters. The van der Waals surface area contributed by atoms with Crippen LogP contribution in [0, 0.1) is 12.3 Å². The third-order valence-electron chi connectivity index (χ3n) is 4.09. The molecular formula is C21H13BrN2OS.